The zero-order valence-electron chi connectivity index (χ0n) is 19.0. The fourth-order valence-corrected chi connectivity index (χ4v) is 4.15. The van der Waals surface area contributed by atoms with Crippen LogP contribution in [0.5, 0.6) is 0 Å². The Morgan fingerprint density at radius 1 is 1.25 bits per heavy atom. The number of imidazole rings is 1. The van der Waals surface area contributed by atoms with Crippen LogP contribution in [0.2, 0.25) is 5.02 Å². The summed E-state index contributed by atoms with van der Waals surface area (Å²) in [5.74, 6) is 0.997. The van der Waals surface area contributed by atoms with Crippen LogP contribution in [0.25, 0.3) is 11.0 Å². The smallest absolute Gasteiger partial charge is 0.411 e. The van der Waals surface area contributed by atoms with E-state index in [1.165, 1.54) is 0 Å². The number of nitrogens with zero attached hydrogens (tertiary/aromatic N) is 3. The van der Waals surface area contributed by atoms with E-state index in [1.54, 1.807) is 23.1 Å². The van der Waals surface area contributed by atoms with E-state index >= 15 is 0 Å². The summed E-state index contributed by atoms with van der Waals surface area (Å²) in [7, 11) is 1.91. The Hall–Kier alpha value is -2.57. The first-order chi connectivity index (χ1) is 15.1. The average molecular weight is 456 g/mol. The van der Waals surface area contributed by atoms with Crippen LogP contribution in [0.1, 0.15) is 57.1 Å². The van der Waals surface area contributed by atoms with Crippen LogP contribution in [0.15, 0.2) is 48.5 Å². The second-order valence-electron chi connectivity index (χ2n) is 9.54. The molecule has 0 saturated heterocycles. The normalized spacial score (nSPS) is 16.1. The second kappa shape index (κ2) is 8.75. The molecule has 1 fully saturated rings. The first-order valence-corrected chi connectivity index (χ1v) is 11.4. The van der Waals surface area contributed by atoms with Crippen molar-refractivity contribution in [3.63, 3.8) is 0 Å². The van der Waals surface area contributed by atoms with Crippen molar-refractivity contribution in [1.82, 2.24) is 14.5 Å². The fraction of sp³-hybridized carbons (Fsp3) is 0.440. The summed E-state index contributed by atoms with van der Waals surface area (Å²) < 4.78 is 7.71. The molecule has 1 N–H and O–H groups in total. The Balaban J connectivity index is 1.84. The van der Waals surface area contributed by atoms with Crippen LogP contribution in [0, 0.1) is 5.92 Å². The van der Waals surface area contributed by atoms with Gasteiger partial charge in [0.15, 0.2) is 0 Å². The van der Waals surface area contributed by atoms with Gasteiger partial charge < -0.3 is 14.4 Å². The third-order valence-corrected chi connectivity index (χ3v) is 5.93. The molecule has 0 spiro atoms. The van der Waals surface area contributed by atoms with Gasteiger partial charge in [0.05, 0.1) is 11.0 Å². The van der Waals surface area contributed by atoms with E-state index in [4.69, 9.17) is 21.3 Å². The highest BCUT2D eigenvalue weighted by Gasteiger charge is 2.40. The largest absolute Gasteiger partial charge is 0.444 e. The predicted octanol–water partition coefficient (Wildman–Crippen LogP) is 5.65. The number of rotatable bonds is 6. The summed E-state index contributed by atoms with van der Waals surface area (Å²) >= 11 is 6.22. The molecule has 0 bridgehead atoms. The van der Waals surface area contributed by atoms with Gasteiger partial charge in [-0.25, -0.2) is 9.78 Å². The molecular weight excluding hydrogens is 426 g/mol. The third kappa shape index (κ3) is 4.92. The number of fused-ring (bicyclic) bond motifs is 1. The van der Waals surface area contributed by atoms with E-state index in [0.717, 1.165) is 23.9 Å². The van der Waals surface area contributed by atoms with Crippen LogP contribution in [-0.4, -0.2) is 37.8 Å². The molecule has 32 heavy (non-hydrogen) atoms. The van der Waals surface area contributed by atoms with Crippen LogP contribution in [0.4, 0.5) is 4.79 Å². The fourth-order valence-electron chi connectivity index (χ4n) is 3.95. The number of aliphatic hydroxyl groups is 1. The zero-order chi connectivity index (χ0) is 23.0. The van der Waals surface area contributed by atoms with E-state index in [-0.39, 0.29) is 0 Å². The van der Waals surface area contributed by atoms with E-state index in [0.29, 0.717) is 28.9 Å². The van der Waals surface area contributed by atoms with Gasteiger partial charge in [0.25, 0.3) is 0 Å². The number of carbonyl (C=O) groups is 1. The van der Waals surface area contributed by atoms with Crippen LogP contribution >= 0.6 is 11.6 Å². The van der Waals surface area contributed by atoms with Crippen molar-refractivity contribution >= 4 is 28.7 Å². The number of carbonyl (C=O) groups excluding carboxylic acids is 1. The monoisotopic (exact) mass is 455 g/mol. The number of aryl methyl sites for hydroxylation is 1. The maximum absolute atomic E-state index is 13.4. The molecule has 1 aromatic heterocycles. The molecule has 170 valence electrons. The number of aromatic nitrogens is 2. The summed E-state index contributed by atoms with van der Waals surface area (Å²) in [5, 5.41) is 12.1. The lowest BCUT2D eigenvalue weighted by molar-refractivity contribution is -0.0112. The number of hydrogen-bond donors (Lipinski definition) is 1. The lowest BCUT2D eigenvalue weighted by Gasteiger charge is -2.36. The summed E-state index contributed by atoms with van der Waals surface area (Å²) in [5.41, 5.74) is 1.71. The molecule has 2 atom stereocenters. The van der Waals surface area contributed by atoms with Gasteiger partial charge in [-0.1, -0.05) is 35.9 Å². The lowest BCUT2D eigenvalue weighted by Crippen LogP contribution is -2.43. The van der Waals surface area contributed by atoms with Crippen LogP contribution in [-0.2, 0) is 11.8 Å². The molecule has 1 heterocycles. The number of benzene rings is 2. The minimum Gasteiger partial charge on any atom is -0.444 e. The van der Waals surface area contributed by atoms with Crippen molar-refractivity contribution in [2.24, 2.45) is 13.0 Å². The molecule has 6 nitrogen and oxygen atoms in total. The predicted molar refractivity (Wildman–Crippen MR) is 126 cm³/mol. The number of para-hydroxylation sites is 2. The van der Waals surface area contributed by atoms with Crippen molar-refractivity contribution < 1.29 is 14.6 Å². The molecular formula is C25H30ClN3O3. The topological polar surface area (TPSA) is 67.6 Å². The highest BCUT2D eigenvalue weighted by molar-refractivity contribution is 6.30. The average Bonchev–Trinajstić information content (AvgIpc) is 3.49. The van der Waals surface area contributed by atoms with Crippen molar-refractivity contribution in [1.29, 1.82) is 0 Å². The van der Waals surface area contributed by atoms with Gasteiger partial charge in [-0.3, -0.25) is 4.90 Å². The molecule has 1 aliphatic carbocycles. The zero-order valence-corrected chi connectivity index (χ0v) is 19.7. The summed E-state index contributed by atoms with van der Waals surface area (Å²) in [6.07, 6.45) is 0.627. The molecule has 4 rings (SSSR count). The van der Waals surface area contributed by atoms with Crippen molar-refractivity contribution in [3.05, 3.63) is 64.9 Å². The van der Waals surface area contributed by atoms with Gasteiger partial charge in [0.1, 0.15) is 23.6 Å². The quantitative estimate of drug-likeness (QED) is 0.521. The Bertz CT molecular complexity index is 1120. The van der Waals surface area contributed by atoms with E-state index in [2.05, 4.69) is 0 Å². The maximum atomic E-state index is 13.4. The van der Waals surface area contributed by atoms with Crippen LogP contribution < -0.4 is 0 Å². The van der Waals surface area contributed by atoms with Crippen molar-refractivity contribution in [2.45, 2.75) is 51.4 Å². The highest BCUT2D eigenvalue weighted by Crippen LogP contribution is 2.40. The molecule has 0 aliphatic heterocycles. The first kappa shape index (κ1) is 22.6. The lowest BCUT2D eigenvalue weighted by atomic mass is 9.99. The summed E-state index contributed by atoms with van der Waals surface area (Å²) in [6.45, 7) is 6.04. The van der Waals surface area contributed by atoms with Crippen molar-refractivity contribution in [2.75, 3.05) is 6.54 Å². The summed E-state index contributed by atoms with van der Waals surface area (Å²) in [4.78, 5) is 19.9. The number of aliphatic hydroxyl groups excluding tert-OH is 1. The van der Waals surface area contributed by atoms with Gasteiger partial charge in [0.2, 0.25) is 0 Å². The van der Waals surface area contributed by atoms with E-state index < -0.39 is 23.8 Å². The molecule has 0 radical (unpaired) electrons. The minimum absolute atomic E-state index is 0.395. The Morgan fingerprint density at radius 3 is 2.59 bits per heavy atom. The molecule has 1 amide bonds. The first-order valence-electron chi connectivity index (χ1n) is 11.0. The SMILES string of the molecule is Cn1c([C@H]([C@H](O)c2cccc(Cl)c2)N(CC2CC2)C(=O)OC(C)(C)C)nc2ccccc21. The standard InChI is InChI=1S/C25H30ClN3O3/c1-25(2,3)32-24(31)29(15-16-12-13-16)21(22(30)17-8-7-9-18(26)14-17)23-27-19-10-5-6-11-20(19)28(23)4/h5-11,14,16,21-22,30H,12-13,15H2,1-4H3/t21-,22+/m0/s1. The molecule has 3 aromatic rings. The molecule has 0 unspecified atom stereocenters. The Labute approximate surface area is 193 Å². The van der Waals surface area contributed by atoms with Gasteiger partial charge in [0, 0.05) is 18.6 Å². The number of halogens is 1. The molecule has 1 aliphatic rings. The van der Waals surface area contributed by atoms with Gasteiger partial charge >= 0.3 is 6.09 Å². The number of ether oxygens (including phenoxy) is 1. The van der Waals surface area contributed by atoms with Crippen molar-refractivity contribution in [3.8, 4) is 0 Å². The Morgan fingerprint density at radius 2 is 1.97 bits per heavy atom. The van der Waals surface area contributed by atoms with E-state index in [9.17, 15) is 9.90 Å². The third-order valence-electron chi connectivity index (χ3n) is 5.69. The molecule has 1 saturated carbocycles. The van der Waals surface area contributed by atoms with Gasteiger partial charge in [-0.2, -0.15) is 0 Å². The summed E-state index contributed by atoms with van der Waals surface area (Å²) in [6, 6.07) is 14.2. The number of amides is 1. The molecule has 2 aromatic carbocycles. The molecule has 7 heteroatoms. The Kier molecular flexibility index (Phi) is 6.19. The highest BCUT2D eigenvalue weighted by atomic mass is 35.5. The van der Waals surface area contributed by atoms with Gasteiger partial charge in [-0.05, 0) is 69.4 Å². The van der Waals surface area contributed by atoms with E-state index in [1.807, 2.05) is 62.7 Å². The van der Waals surface area contributed by atoms with Gasteiger partial charge in [-0.15, -0.1) is 0 Å². The maximum Gasteiger partial charge on any atom is 0.411 e. The second-order valence-corrected chi connectivity index (χ2v) is 9.97. The minimum atomic E-state index is -1.03. The number of hydrogen-bond acceptors (Lipinski definition) is 4. The van der Waals surface area contributed by atoms with Crippen LogP contribution in [0.3, 0.4) is 0 Å².